The molecule has 49 heavy (non-hydrogen) atoms. The van der Waals surface area contributed by atoms with Gasteiger partial charge in [-0.05, 0) is 38.0 Å². The smallest absolute Gasteiger partial charge is 0.305 e. The van der Waals surface area contributed by atoms with Crippen molar-refractivity contribution in [1.29, 1.82) is 0 Å². The number of allylic oxidation sites excluding steroid dienone is 6. The average molecular weight is 691 g/mol. The van der Waals surface area contributed by atoms with Crippen molar-refractivity contribution in [3.8, 4) is 0 Å². The number of ether oxygens (including phenoxy) is 2. The average Bonchev–Trinajstić information content (AvgIpc) is 3.07. The van der Waals surface area contributed by atoms with Gasteiger partial charge in [0.25, 0.3) is 0 Å². The lowest BCUT2D eigenvalue weighted by atomic mass is 10.0. The van der Waals surface area contributed by atoms with E-state index in [1.54, 1.807) is 12.2 Å². The molecular weight excluding hydrogens is 616 g/mol. The predicted octanol–water partition coefficient (Wildman–Crippen LogP) is 10.0. The summed E-state index contributed by atoms with van der Waals surface area (Å²) in [6, 6.07) is 0. The van der Waals surface area contributed by atoms with Crippen LogP contribution in [-0.2, 0) is 19.1 Å². The maximum absolute atomic E-state index is 12.0. The quantitative estimate of drug-likeness (QED) is 0.0350. The molecule has 0 unspecified atom stereocenters. The standard InChI is InChI=1S/C42H74O7/c1-4-5-22-29-38(43)30-24-19-15-13-16-20-25-31-39(44)32-27-34-42(47)49-36-40(45)35-48-41(46)33-26-21-17-12-10-8-6-7-9-11-14-18-23-28-37(2)3/h15-16,19-20,24-25,30-31,37-40,43-45H,4-14,17-18,21-23,26-29,32-36H2,1-3H3/b19-15-,20-16-,30-24+,31-25+/t38-,39-,40+/m0/s1. The van der Waals surface area contributed by atoms with E-state index in [9.17, 15) is 24.9 Å². The predicted molar refractivity (Wildman–Crippen MR) is 203 cm³/mol. The highest BCUT2D eigenvalue weighted by Crippen LogP contribution is 2.15. The molecule has 284 valence electrons. The third kappa shape index (κ3) is 36.9. The second-order valence-corrected chi connectivity index (χ2v) is 13.9. The molecule has 3 atom stereocenters. The van der Waals surface area contributed by atoms with E-state index in [4.69, 9.17) is 9.47 Å². The SMILES string of the molecule is CCCCC[C@H](O)/C=C/C=C\C/C=C\C=C\[C@H](O)CCCC(=O)OC[C@H](O)COC(=O)CCCCCCCCCCCCCCCC(C)C. The fourth-order valence-corrected chi connectivity index (χ4v) is 5.37. The Kier molecular flexibility index (Phi) is 34.0. The van der Waals surface area contributed by atoms with E-state index in [0.29, 0.717) is 19.3 Å². The molecule has 0 aliphatic carbocycles. The zero-order chi connectivity index (χ0) is 36.2. The Morgan fingerprint density at radius 2 is 0.939 bits per heavy atom. The van der Waals surface area contributed by atoms with E-state index in [1.807, 2.05) is 36.5 Å². The van der Waals surface area contributed by atoms with Crippen LogP contribution in [0.5, 0.6) is 0 Å². The molecule has 0 saturated heterocycles. The van der Waals surface area contributed by atoms with E-state index in [1.165, 1.54) is 70.6 Å². The van der Waals surface area contributed by atoms with Crippen molar-refractivity contribution >= 4 is 11.9 Å². The minimum atomic E-state index is -1.05. The van der Waals surface area contributed by atoms with Crippen LogP contribution in [0.4, 0.5) is 0 Å². The van der Waals surface area contributed by atoms with E-state index in [2.05, 4.69) is 20.8 Å². The summed E-state index contributed by atoms with van der Waals surface area (Å²) in [5, 5.41) is 29.9. The van der Waals surface area contributed by atoms with Crippen molar-refractivity contribution in [2.24, 2.45) is 5.92 Å². The Bertz CT molecular complexity index is 876. The Morgan fingerprint density at radius 1 is 0.531 bits per heavy atom. The second-order valence-electron chi connectivity index (χ2n) is 13.9. The van der Waals surface area contributed by atoms with Crippen LogP contribution in [0.25, 0.3) is 0 Å². The molecule has 3 N–H and O–H groups in total. The fourth-order valence-electron chi connectivity index (χ4n) is 5.37. The number of aliphatic hydroxyl groups is 3. The van der Waals surface area contributed by atoms with Crippen LogP contribution in [0.15, 0.2) is 48.6 Å². The number of aliphatic hydroxyl groups excluding tert-OH is 3. The Balaban J connectivity index is 3.67. The Labute approximate surface area is 300 Å². The van der Waals surface area contributed by atoms with Gasteiger partial charge in [0, 0.05) is 12.8 Å². The third-order valence-electron chi connectivity index (χ3n) is 8.45. The summed E-state index contributed by atoms with van der Waals surface area (Å²) < 4.78 is 10.2. The largest absolute Gasteiger partial charge is 0.463 e. The zero-order valence-electron chi connectivity index (χ0n) is 31.6. The normalized spacial score (nSPS) is 14.1. The van der Waals surface area contributed by atoms with Crippen LogP contribution >= 0.6 is 0 Å². The molecule has 0 heterocycles. The van der Waals surface area contributed by atoms with E-state index >= 15 is 0 Å². The van der Waals surface area contributed by atoms with Crippen LogP contribution in [0.1, 0.15) is 168 Å². The van der Waals surface area contributed by atoms with Gasteiger partial charge in [0.2, 0.25) is 0 Å². The van der Waals surface area contributed by atoms with Crippen molar-refractivity contribution in [3.63, 3.8) is 0 Å². The van der Waals surface area contributed by atoms with Crippen LogP contribution in [-0.4, -0.2) is 58.8 Å². The number of carbonyl (C=O) groups excluding carboxylic acids is 2. The summed E-state index contributed by atoms with van der Waals surface area (Å²) in [5.74, 6) is 0.0500. The van der Waals surface area contributed by atoms with Gasteiger partial charge in [0.15, 0.2) is 0 Å². The minimum Gasteiger partial charge on any atom is -0.463 e. The molecule has 0 aliphatic rings. The molecule has 0 aromatic carbocycles. The van der Waals surface area contributed by atoms with E-state index < -0.39 is 18.2 Å². The molecule has 7 nitrogen and oxygen atoms in total. The molecule has 0 amide bonds. The van der Waals surface area contributed by atoms with Gasteiger partial charge in [-0.1, -0.05) is 172 Å². The highest BCUT2D eigenvalue weighted by molar-refractivity contribution is 5.69. The lowest BCUT2D eigenvalue weighted by Crippen LogP contribution is -2.25. The van der Waals surface area contributed by atoms with Crippen molar-refractivity contribution in [2.45, 2.75) is 187 Å². The van der Waals surface area contributed by atoms with Crippen molar-refractivity contribution in [3.05, 3.63) is 48.6 Å². The highest BCUT2D eigenvalue weighted by atomic mass is 16.6. The monoisotopic (exact) mass is 691 g/mol. The first-order valence-electron chi connectivity index (χ1n) is 19.8. The maximum atomic E-state index is 12.0. The van der Waals surface area contributed by atoms with Gasteiger partial charge in [-0.3, -0.25) is 9.59 Å². The zero-order valence-corrected chi connectivity index (χ0v) is 31.6. The third-order valence-corrected chi connectivity index (χ3v) is 8.45. The van der Waals surface area contributed by atoms with Gasteiger partial charge < -0.3 is 24.8 Å². The van der Waals surface area contributed by atoms with Crippen LogP contribution in [0.3, 0.4) is 0 Å². The number of esters is 2. The first kappa shape index (κ1) is 46.8. The fraction of sp³-hybridized carbons (Fsp3) is 0.762. The van der Waals surface area contributed by atoms with Gasteiger partial charge >= 0.3 is 11.9 Å². The molecule has 0 aliphatic heterocycles. The van der Waals surface area contributed by atoms with Crippen LogP contribution < -0.4 is 0 Å². The number of rotatable bonds is 34. The number of carbonyl (C=O) groups is 2. The van der Waals surface area contributed by atoms with Crippen molar-refractivity contribution < 1.29 is 34.4 Å². The highest BCUT2D eigenvalue weighted by Gasteiger charge is 2.12. The molecule has 7 heteroatoms. The minimum absolute atomic E-state index is 0.136. The number of unbranched alkanes of at least 4 members (excludes halogenated alkanes) is 14. The van der Waals surface area contributed by atoms with Gasteiger partial charge in [-0.15, -0.1) is 0 Å². The lowest BCUT2D eigenvalue weighted by Gasteiger charge is -2.12. The topological polar surface area (TPSA) is 113 Å². The van der Waals surface area contributed by atoms with Gasteiger partial charge in [0.05, 0.1) is 12.2 Å². The van der Waals surface area contributed by atoms with Crippen LogP contribution in [0, 0.1) is 5.92 Å². The number of hydrogen-bond acceptors (Lipinski definition) is 7. The van der Waals surface area contributed by atoms with E-state index in [-0.39, 0.29) is 31.7 Å². The van der Waals surface area contributed by atoms with Crippen molar-refractivity contribution in [2.75, 3.05) is 13.2 Å². The molecule has 0 aromatic heterocycles. The summed E-state index contributed by atoms with van der Waals surface area (Å²) in [6.07, 6.45) is 36.7. The summed E-state index contributed by atoms with van der Waals surface area (Å²) in [6.45, 7) is 6.34. The summed E-state index contributed by atoms with van der Waals surface area (Å²) >= 11 is 0. The molecule has 0 bridgehead atoms. The summed E-state index contributed by atoms with van der Waals surface area (Å²) in [5.41, 5.74) is 0. The van der Waals surface area contributed by atoms with Gasteiger partial charge in [-0.2, -0.15) is 0 Å². The summed E-state index contributed by atoms with van der Waals surface area (Å²) in [7, 11) is 0. The molecule has 0 fully saturated rings. The maximum Gasteiger partial charge on any atom is 0.305 e. The Hall–Kier alpha value is -2.22. The van der Waals surface area contributed by atoms with Crippen LogP contribution in [0.2, 0.25) is 0 Å². The number of hydrogen-bond donors (Lipinski definition) is 3. The lowest BCUT2D eigenvalue weighted by molar-refractivity contribution is -0.152. The second kappa shape index (κ2) is 35.6. The van der Waals surface area contributed by atoms with Gasteiger partial charge in [-0.25, -0.2) is 0 Å². The summed E-state index contributed by atoms with van der Waals surface area (Å²) in [4.78, 5) is 23.9. The van der Waals surface area contributed by atoms with Crippen molar-refractivity contribution in [1.82, 2.24) is 0 Å². The first-order chi connectivity index (χ1) is 23.7. The Morgan fingerprint density at radius 3 is 1.41 bits per heavy atom. The van der Waals surface area contributed by atoms with Gasteiger partial charge in [0.1, 0.15) is 19.3 Å². The molecule has 0 rings (SSSR count). The molecule has 0 radical (unpaired) electrons. The molecular formula is C42H74O7. The molecule has 0 saturated carbocycles. The first-order valence-corrected chi connectivity index (χ1v) is 19.8. The molecule has 0 spiro atoms. The van der Waals surface area contributed by atoms with E-state index in [0.717, 1.165) is 57.3 Å². The molecule has 0 aromatic rings.